The van der Waals surface area contributed by atoms with Crippen molar-refractivity contribution in [3.63, 3.8) is 0 Å². The first kappa shape index (κ1) is 28.0. The van der Waals surface area contributed by atoms with Gasteiger partial charge in [-0.15, -0.1) is 0 Å². The van der Waals surface area contributed by atoms with E-state index >= 15 is 0 Å². The first-order valence-corrected chi connectivity index (χ1v) is 15.8. The lowest BCUT2D eigenvalue weighted by Gasteiger charge is -2.20. The topological polar surface area (TPSA) is 57.3 Å². The molecule has 0 spiro atoms. The Balaban J connectivity index is 1.11. The normalized spacial score (nSPS) is 13.2. The molecule has 0 unspecified atom stereocenters. The molecule has 1 fully saturated rings. The van der Waals surface area contributed by atoms with Crippen LogP contribution in [0.2, 0.25) is 0 Å². The van der Waals surface area contributed by atoms with Crippen molar-refractivity contribution < 1.29 is 9.47 Å². The molecule has 1 aliphatic rings. The molecule has 0 aliphatic carbocycles. The fourth-order valence-corrected chi connectivity index (χ4v) is 6.88. The molecule has 46 heavy (non-hydrogen) atoms. The highest BCUT2D eigenvalue weighted by Gasteiger charge is 2.17. The van der Waals surface area contributed by atoms with Gasteiger partial charge in [-0.3, -0.25) is 4.57 Å². The number of aromatic nitrogens is 4. The minimum atomic E-state index is 0.735. The quantitative estimate of drug-likeness (QED) is 0.181. The number of methoxy groups -OCH3 is 1. The van der Waals surface area contributed by atoms with Gasteiger partial charge in [0, 0.05) is 65.7 Å². The average Bonchev–Trinajstić information content (AvgIpc) is 3.85. The zero-order chi connectivity index (χ0) is 31.2. The third-order valence-electron chi connectivity index (χ3n) is 9.00. The van der Waals surface area contributed by atoms with Gasteiger partial charge in [-0.25, -0.2) is 9.67 Å². The Morgan fingerprint density at radius 3 is 2.30 bits per heavy atom. The lowest BCUT2D eigenvalue weighted by molar-refractivity contribution is 0.414. The molecule has 0 atom stereocenters. The zero-order valence-corrected chi connectivity index (χ0v) is 26.3. The van der Waals surface area contributed by atoms with Crippen LogP contribution in [-0.2, 0) is 0 Å². The molecule has 4 heterocycles. The van der Waals surface area contributed by atoms with E-state index in [0.29, 0.717) is 0 Å². The van der Waals surface area contributed by atoms with Crippen LogP contribution < -0.4 is 14.4 Å². The maximum Gasteiger partial charge on any atom is 0.141 e. The largest absolute Gasteiger partial charge is 0.497 e. The average molecular weight is 606 g/mol. The van der Waals surface area contributed by atoms with E-state index in [4.69, 9.17) is 14.6 Å². The van der Waals surface area contributed by atoms with Crippen LogP contribution in [0.1, 0.15) is 24.0 Å². The highest BCUT2D eigenvalue weighted by Crippen LogP contribution is 2.36. The fraction of sp³-hybridized carbons (Fsp3) is 0.179. The summed E-state index contributed by atoms with van der Waals surface area (Å²) in [5, 5.41) is 7.03. The number of pyridine rings is 1. The summed E-state index contributed by atoms with van der Waals surface area (Å²) in [7, 11) is 1.67. The van der Waals surface area contributed by atoms with E-state index in [1.165, 1.54) is 35.2 Å². The second kappa shape index (κ2) is 11.4. The van der Waals surface area contributed by atoms with Gasteiger partial charge in [-0.2, -0.15) is 5.10 Å². The van der Waals surface area contributed by atoms with Crippen LogP contribution in [0.25, 0.3) is 44.4 Å². The van der Waals surface area contributed by atoms with Crippen molar-refractivity contribution in [1.82, 2.24) is 19.3 Å². The van der Waals surface area contributed by atoms with Gasteiger partial charge in [-0.05, 0) is 91.9 Å². The molecule has 3 aromatic heterocycles. The van der Waals surface area contributed by atoms with Gasteiger partial charge in [0.15, 0.2) is 0 Å². The molecule has 228 valence electrons. The third kappa shape index (κ3) is 4.94. The van der Waals surface area contributed by atoms with Crippen LogP contribution >= 0.6 is 0 Å². The molecule has 0 saturated carbocycles. The third-order valence-corrected chi connectivity index (χ3v) is 9.00. The van der Waals surface area contributed by atoms with Gasteiger partial charge in [-0.1, -0.05) is 24.3 Å². The smallest absolute Gasteiger partial charge is 0.141 e. The van der Waals surface area contributed by atoms with Gasteiger partial charge in [0.1, 0.15) is 23.1 Å². The zero-order valence-electron chi connectivity index (χ0n) is 26.3. The Bertz CT molecular complexity index is 2200. The van der Waals surface area contributed by atoms with E-state index in [9.17, 15) is 0 Å². The number of benzene rings is 4. The fourth-order valence-electron chi connectivity index (χ4n) is 6.88. The molecule has 0 N–H and O–H groups in total. The Morgan fingerprint density at radius 2 is 1.48 bits per heavy atom. The molecule has 0 amide bonds. The van der Waals surface area contributed by atoms with Gasteiger partial charge < -0.3 is 14.4 Å². The molecule has 7 aromatic rings. The molecular weight excluding hydrogens is 570 g/mol. The van der Waals surface area contributed by atoms with Crippen molar-refractivity contribution in [1.29, 1.82) is 0 Å². The van der Waals surface area contributed by atoms with E-state index in [0.717, 1.165) is 69.2 Å². The molecule has 7 heteroatoms. The number of hydrogen-bond donors (Lipinski definition) is 0. The lowest BCUT2D eigenvalue weighted by Crippen LogP contribution is -2.17. The molecule has 0 radical (unpaired) electrons. The van der Waals surface area contributed by atoms with Crippen molar-refractivity contribution >= 4 is 27.5 Å². The van der Waals surface area contributed by atoms with Crippen LogP contribution in [0.5, 0.6) is 17.2 Å². The number of rotatable bonds is 7. The number of nitrogens with zero attached hydrogens (tertiary/aromatic N) is 5. The number of para-hydroxylation sites is 1. The van der Waals surface area contributed by atoms with Crippen molar-refractivity contribution in [2.24, 2.45) is 0 Å². The summed E-state index contributed by atoms with van der Waals surface area (Å²) in [6.07, 6.45) is 8.38. The summed E-state index contributed by atoms with van der Waals surface area (Å²) in [5.74, 6) is 3.02. The number of hydrogen-bond acceptors (Lipinski definition) is 5. The second-order valence-electron chi connectivity index (χ2n) is 12.0. The Hall–Kier alpha value is -5.56. The number of fused-ring (bicyclic) bond motifs is 3. The van der Waals surface area contributed by atoms with Crippen LogP contribution in [0.15, 0.2) is 110 Å². The maximum absolute atomic E-state index is 6.47. The van der Waals surface area contributed by atoms with Crippen LogP contribution in [0, 0.1) is 13.8 Å². The van der Waals surface area contributed by atoms with Crippen molar-refractivity contribution in [2.45, 2.75) is 26.7 Å². The van der Waals surface area contributed by atoms with E-state index in [2.05, 4.69) is 83.0 Å². The first-order valence-electron chi connectivity index (χ1n) is 15.8. The molecular formula is C39H35N5O2. The predicted octanol–water partition coefficient (Wildman–Crippen LogP) is 9.05. The monoisotopic (exact) mass is 605 g/mol. The predicted molar refractivity (Wildman–Crippen MR) is 185 cm³/mol. The number of anilines is 1. The van der Waals surface area contributed by atoms with Gasteiger partial charge >= 0.3 is 0 Å². The SMILES string of the molecule is COc1ccnc(-n2c3ccccc3c3ccc(Oc4cccc(-n5cc(-c6c(C)cc(N7CCCC7)cc6C)cn5)c4)cc32)c1. The summed E-state index contributed by atoms with van der Waals surface area (Å²) in [4.78, 5) is 7.17. The molecule has 1 saturated heterocycles. The number of aryl methyl sites for hydroxylation is 2. The van der Waals surface area contributed by atoms with Gasteiger partial charge in [0.25, 0.3) is 0 Å². The minimum absolute atomic E-state index is 0.735. The van der Waals surface area contributed by atoms with E-state index in [1.54, 1.807) is 13.3 Å². The molecule has 8 rings (SSSR count). The summed E-state index contributed by atoms with van der Waals surface area (Å²) in [6, 6.07) is 31.1. The van der Waals surface area contributed by atoms with Crippen molar-refractivity contribution in [2.75, 3.05) is 25.1 Å². The Kier molecular flexibility index (Phi) is 6.94. The van der Waals surface area contributed by atoms with Crippen LogP contribution in [0.3, 0.4) is 0 Å². The van der Waals surface area contributed by atoms with Crippen LogP contribution in [-0.4, -0.2) is 39.5 Å². The van der Waals surface area contributed by atoms with E-state index in [1.807, 2.05) is 53.3 Å². The molecule has 7 nitrogen and oxygen atoms in total. The van der Waals surface area contributed by atoms with E-state index < -0.39 is 0 Å². The summed E-state index contributed by atoms with van der Waals surface area (Å²) in [5.41, 5.74) is 9.24. The first-order chi connectivity index (χ1) is 22.6. The Morgan fingerprint density at radius 1 is 0.696 bits per heavy atom. The minimum Gasteiger partial charge on any atom is -0.497 e. The molecule has 1 aliphatic heterocycles. The van der Waals surface area contributed by atoms with Gasteiger partial charge in [0.05, 0.1) is 30.0 Å². The number of ether oxygens (including phenoxy) is 2. The summed E-state index contributed by atoms with van der Waals surface area (Å²) in [6.45, 7) is 6.69. The lowest BCUT2D eigenvalue weighted by atomic mass is 9.97. The standard InChI is InChI=1S/C39H35N5O2/c1-26-19-30(42-17-6-7-18-42)20-27(2)39(26)28-24-41-43(25-28)29-9-8-10-32(21-29)46-33-13-14-35-34-11-4-5-12-36(34)44(37(35)22-33)38-23-31(45-3)15-16-40-38/h4-5,8-16,19-25H,6-7,17-18H2,1-3H3. The second-order valence-corrected chi connectivity index (χ2v) is 12.0. The van der Waals surface area contributed by atoms with E-state index in [-0.39, 0.29) is 0 Å². The van der Waals surface area contributed by atoms with Crippen LogP contribution in [0.4, 0.5) is 5.69 Å². The van der Waals surface area contributed by atoms with Crippen molar-refractivity contribution in [3.8, 4) is 39.9 Å². The maximum atomic E-state index is 6.47. The molecule has 0 bridgehead atoms. The Labute approximate surface area is 268 Å². The van der Waals surface area contributed by atoms with Gasteiger partial charge in [0.2, 0.25) is 0 Å². The van der Waals surface area contributed by atoms with Crippen molar-refractivity contribution in [3.05, 3.63) is 121 Å². The highest BCUT2D eigenvalue weighted by atomic mass is 16.5. The highest BCUT2D eigenvalue weighted by molar-refractivity contribution is 6.09. The summed E-state index contributed by atoms with van der Waals surface area (Å²) < 4.78 is 16.0. The summed E-state index contributed by atoms with van der Waals surface area (Å²) >= 11 is 0. The molecule has 4 aromatic carbocycles.